The number of hydrogen-bond donors (Lipinski definition) is 2. The number of ether oxygens (including phenoxy) is 1. The van der Waals surface area contributed by atoms with Crippen LogP contribution in [0.4, 0.5) is 16.2 Å². The molecule has 0 atom stereocenters. The van der Waals surface area contributed by atoms with Crippen LogP contribution in [0, 0.1) is 5.92 Å². The highest BCUT2D eigenvalue weighted by Gasteiger charge is 2.25. The summed E-state index contributed by atoms with van der Waals surface area (Å²) in [6.45, 7) is 7.93. The first-order chi connectivity index (χ1) is 16.1. The van der Waals surface area contributed by atoms with Crippen molar-refractivity contribution in [3.05, 3.63) is 53.6 Å². The molecule has 0 unspecified atom stereocenters. The molecule has 0 saturated carbocycles. The van der Waals surface area contributed by atoms with Gasteiger partial charge in [0, 0.05) is 26.2 Å². The summed E-state index contributed by atoms with van der Waals surface area (Å²) in [5.41, 5.74) is 1.74. The minimum absolute atomic E-state index is 0.0288. The van der Waals surface area contributed by atoms with Crippen molar-refractivity contribution in [2.75, 3.05) is 42.4 Å². The van der Waals surface area contributed by atoms with E-state index in [-0.39, 0.29) is 22.2 Å². The highest BCUT2D eigenvalue weighted by atomic mass is 32.2. The molecule has 0 aromatic heterocycles. The van der Waals surface area contributed by atoms with Gasteiger partial charge in [-0.3, -0.25) is 4.72 Å². The van der Waals surface area contributed by atoms with Crippen molar-refractivity contribution >= 4 is 33.5 Å². The van der Waals surface area contributed by atoms with Crippen molar-refractivity contribution in [2.45, 2.75) is 32.1 Å². The Hall–Kier alpha value is -3.27. The highest BCUT2D eigenvalue weighted by molar-refractivity contribution is 7.92. The number of rotatable bonds is 8. The number of carbonyl (C=O) groups is 2. The molecule has 2 aromatic carbocycles. The molecule has 34 heavy (non-hydrogen) atoms. The van der Waals surface area contributed by atoms with Gasteiger partial charge in [0.1, 0.15) is 0 Å². The van der Waals surface area contributed by atoms with E-state index in [1.807, 2.05) is 4.90 Å². The fourth-order valence-corrected chi connectivity index (χ4v) is 4.92. The molecule has 1 aliphatic heterocycles. The first-order valence-corrected chi connectivity index (χ1v) is 12.7. The van der Waals surface area contributed by atoms with E-state index in [9.17, 15) is 23.1 Å². The Balaban J connectivity index is 1.85. The van der Waals surface area contributed by atoms with Gasteiger partial charge in [0.15, 0.2) is 0 Å². The molecule has 1 amide bonds. The zero-order valence-electron chi connectivity index (χ0n) is 19.7. The fraction of sp³-hybridized carbons (Fsp3) is 0.417. The molecular weight excluding hydrogens is 458 g/mol. The maximum absolute atomic E-state index is 13.1. The summed E-state index contributed by atoms with van der Waals surface area (Å²) in [6, 6.07) is 11.0. The Morgan fingerprint density at radius 3 is 2.26 bits per heavy atom. The van der Waals surface area contributed by atoms with Gasteiger partial charge in [-0.15, -0.1) is 0 Å². The minimum atomic E-state index is -3.95. The van der Waals surface area contributed by atoms with Gasteiger partial charge >= 0.3 is 12.1 Å². The topological polar surface area (TPSA) is 116 Å². The molecule has 9 nitrogen and oxygen atoms in total. The van der Waals surface area contributed by atoms with Crippen molar-refractivity contribution in [2.24, 2.45) is 5.92 Å². The third-order valence-corrected chi connectivity index (χ3v) is 6.89. The third-order valence-electron chi connectivity index (χ3n) is 5.51. The quantitative estimate of drug-likeness (QED) is 0.581. The number of hydrogen-bond acceptors (Lipinski definition) is 6. The van der Waals surface area contributed by atoms with Crippen molar-refractivity contribution < 1.29 is 27.9 Å². The summed E-state index contributed by atoms with van der Waals surface area (Å²) in [4.78, 5) is 27.1. The van der Waals surface area contributed by atoms with Gasteiger partial charge < -0.3 is 19.6 Å². The van der Waals surface area contributed by atoms with E-state index in [4.69, 9.17) is 4.74 Å². The van der Waals surface area contributed by atoms with Crippen LogP contribution in [0.5, 0.6) is 0 Å². The normalized spacial score (nSPS) is 14.2. The van der Waals surface area contributed by atoms with E-state index < -0.39 is 16.0 Å². The molecule has 0 spiro atoms. The van der Waals surface area contributed by atoms with Gasteiger partial charge in [-0.2, -0.15) is 0 Å². The maximum Gasteiger partial charge on any atom is 0.409 e. The van der Waals surface area contributed by atoms with Crippen LogP contribution < -0.4 is 9.62 Å². The lowest BCUT2D eigenvalue weighted by Gasteiger charge is -2.36. The molecule has 0 radical (unpaired) electrons. The minimum Gasteiger partial charge on any atom is -0.478 e. The molecule has 10 heteroatoms. The van der Waals surface area contributed by atoms with Crippen LogP contribution in [0.1, 0.15) is 36.7 Å². The maximum atomic E-state index is 13.1. The number of piperazine rings is 1. The largest absolute Gasteiger partial charge is 0.478 e. The molecule has 1 aliphatic rings. The number of carboxylic acids is 1. The summed E-state index contributed by atoms with van der Waals surface area (Å²) in [6.07, 6.45) is 0.460. The standard InChI is InChI=1S/C24H31N3O6S/c1-4-33-24(30)27-13-11-26(12-14-27)22-10-7-19(23(28)29)16-21(22)25-34(31,32)20-8-5-18(6-9-20)15-17(2)3/h5-10,16-17,25H,4,11-15H2,1-3H3,(H,28,29). The van der Waals surface area contributed by atoms with Crippen molar-refractivity contribution in [1.29, 1.82) is 0 Å². The second-order valence-electron chi connectivity index (χ2n) is 8.56. The lowest BCUT2D eigenvalue weighted by molar-refractivity contribution is 0.0696. The van der Waals surface area contributed by atoms with Gasteiger partial charge in [0.05, 0.1) is 28.4 Å². The Morgan fingerprint density at radius 2 is 1.71 bits per heavy atom. The molecule has 1 saturated heterocycles. The van der Waals surface area contributed by atoms with Crippen LogP contribution in [0.2, 0.25) is 0 Å². The first-order valence-electron chi connectivity index (χ1n) is 11.3. The van der Waals surface area contributed by atoms with Gasteiger partial charge in [-0.1, -0.05) is 26.0 Å². The Labute approximate surface area is 200 Å². The van der Waals surface area contributed by atoms with Gasteiger partial charge in [0.2, 0.25) is 0 Å². The predicted octanol–water partition coefficient (Wildman–Crippen LogP) is 3.66. The van der Waals surface area contributed by atoms with Crippen molar-refractivity contribution in [3.63, 3.8) is 0 Å². The second-order valence-corrected chi connectivity index (χ2v) is 10.2. The van der Waals surface area contributed by atoms with E-state index in [0.29, 0.717) is 44.4 Å². The van der Waals surface area contributed by atoms with E-state index in [2.05, 4.69) is 18.6 Å². The third kappa shape index (κ3) is 6.19. The van der Waals surface area contributed by atoms with Gasteiger partial charge in [-0.05, 0) is 55.2 Å². The second kappa shape index (κ2) is 10.8. The highest BCUT2D eigenvalue weighted by Crippen LogP contribution is 2.31. The lowest BCUT2D eigenvalue weighted by Crippen LogP contribution is -2.49. The number of aromatic carboxylic acids is 1. The number of nitrogens with one attached hydrogen (secondary N) is 1. The zero-order chi connectivity index (χ0) is 24.9. The molecule has 3 rings (SSSR count). The van der Waals surface area contributed by atoms with Crippen LogP contribution in [0.15, 0.2) is 47.4 Å². The van der Waals surface area contributed by atoms with E-state index in [1.54, 1.807) is 42.2 Å². The predicted molar refractivity (Wildman–Crippen MR) is 130 cm³/mol. The molecule has 0 aliphatic carbocycles. The summed E-state index contributed by atoms with van der Waals surface area (Å²) >= 11 is 0. The molecule has 1 heterocycles. The molecule has 2 aromatic rings. The summed E-state index contributed by atoms with van der Waals surface area (Å²) < 4.78 is 33.9. The van der Waals surface area contributed by atoms with Crippen LogP contribution in [0.25, 0.3) is 0 Å². The van der Waals surface area contributed by atoms with Crippen LogP contribution in [-0.2, 0) is 21.2 Å². The molecule has 1 fully saturated rings. The number of amides is 1. The summed E-state index contributed by atoms with van der Waals surface area (Å²) in [5.74, 6) is -0.705. The SMILES string of the molecule is CCOC(=O)N1CCN(c2ccc(C(=O)O)cc2NS(=O)(=O)c2ccc(CC(C)C)cc2)CC1. The Kier molecular flexibility index (Phi) is 8.03. The zero-order valence-corrected chi connectivity index (χ0v) is 20.5. The first kappa shape index (κ1) is 25.4. The van der Waals surface area contributed by atoms with Gasteiger partial charge in [-0.25, -0.2) is 18.0 Å². The molecule has 2 N–H and O–H groups in total. The summed E-state index contributed by atoms with van der Waals surface area (Å²) in [7, 11) is -3.95. The van der Waals surface area contributed by atoms with Gasteiger partial charge in [0.25, 0.3) is 10.0 Å². The number of carbonyl (C=O) groups excluding carboxylic acids is 1. The van der Waals surface area contributed by atoms with E-state index >= 15 is 0 Å². The fourth-order valence-electron chi connectivity index (χ4n) is 3.85. The van der Waals surface area contributed by atoms with E-state index in [1.165, 1.54) is 12.1 Å². The monoisotopic (exact) mass is 489 g/mol. The molecule has 184 valence electrons. The van der Waals surface area contributed by atoms with Crippen LogP contribution in [0.3, 0.4) is 0 Å². The lowest BCUT2D eigenvalue weighted by atomic mass is 10.0. The Bertz CT molecular complexity index is 1120. The van der Waals surface area contributed by atoms with Crippen LogP contribution >= 0.6 is 0 Å². The summed E-state index contributed by atoms with van der Waals surface area (Å²) in [5, 5.41) is 9.43. The number of anilines is 2. The van der Waals surface area contributed by atoms with Crippen molar-refractivity contribution in [3.8, 4) is 0 Å². The number of benzene rings is 2. The Morgan fingerprint density at radius 1 is 1.06 bits per heavy atom. The number of carboxylic acid groups (broad SMARTS) is 1. The average molecular weight is 490 g/mol. The van der Waals surface area contributed by atoms with Crippen molar-refractivity contribution in [1.82, 2.24) is 4.90 Å². The van der Waals surface area contributed by atoms with Crippen LogP contribution in [-0.4, -0.2) is 63.3 Å². The number of nitrogens with zero attached hydrogens (tertiary/aromatic N) is 2. The molecular formula is C24H31N3O6S. The molecule has 0 bridgehead atoms. The average Bonchev–Trinajstić information content (AvgIpc) is 2.79. The number of sulfonamides is 1. The van der Waals surface area contributed by atoms with E-state index in [0.717, 1.165) is 12.0 Å². The smallest absolute Gasteiger partial charge is 0.409 e.